The summed E-state index contributed by atoms with van der Waals surface area (Å²) in [5.41, 5.74) is 6.72. The molecule has 2 aromatic carbocycles. The summed E-state index contributed by atoms with van der Waals surface area (Å²) in [7, 11) is 0. The summed E-state index contributed by atoms with van der Waals surface area (Å²) >= 11 is 7.45. The minimum absolute atomic E-state index is 0.566. The summed E-state index contributed by atoms with van der Waals surface area (Å²) in [6.07, 6.45) is 0. The number of nitrogen functional groups attached to an aromatic ring is 1. The molecule has 5 heteroatoms. The third kappa shape index (κ3) is 2.74. The predicted molar refractivity (Wildman–Crippen MR) is 77.4 cm³/mol. The number of halogens is 1. The van der Waals surface area contributed by atoms with Crippen molar-refractivity contribution >= 4 is 29.1 Å². The highest BCUT2D eigenvalue weighted by atomic mass is 35.5. The molecule has 1 aliphatic rings. The normalized spacial score (nSPS) is 13.3. The van der Waals surface area contributed by atoms with Crippen LogP contribution in [-0.2, 0) is 0 Å². The van der Waals surface area contributed by atoms with E-state index in [2.05, 4.69) is 0 Å². The predicted octanol–water partition coefficient (Wildman–Crippen LogP) is 3.84. The number of rotatable bonds is 2. The number of anilines is 1. The third-order valence-electron chi connectivity index (χ3n) is 2.72. The summed E-state index contributed by atoms with van der Waals surface area (Å²) in [5, 5.41) is 0.722. The maximum Gasteiger partial charge on any atom is 0.163 e. The second kappa shape index (κ2) is 5.23. The molecule has 0 bridgehead atoms. The van der Waals surface area contributed by atoms with E-state index in [0.29, 0.717) is 24.7 Å². The zero-order valence-corrected chi connectivity index (χ0v) is 11.6. The maximum atomic E-state index is 6.04. The first kappa shape index (κ1) is 12.5. The second-order valence-corrected chi connectivity index (χ2v) is 5.64. The van der Waals surface area contributed by atoms with Crippen molar-refractivity contribution in [2.24, 2.45) is 0 Å². The van der Waals surface area contributed by atoms with E-state index in [1.165, 1.54) is 0 Å². The molecular formula is C14H12ClNO2S. The Bertz CT molecular complexity index is 601. The van der Waals surface area contributed by atoms with Crippen molar-refractivity contribution in [3.8, 4) is 11.5 Å². The lowest BCUT2D eigenvalue weighted by molar-refractivity contribution is 0.171. The first-order valence-corrected chi connectivity index (χ1v) is 7.04. The fourth-order valence-corrected chi connectivity index (χ4v) is 2.80. The lowest BCUT2D eigenvalue weighted by Gasteiger charge is -2.20. The van der Waals surface area contributed by atoms with Gasteiger partial charge in [0.25, 0.3) is 0 Å². The summed E-state index contributed by atoms with van der Waals surface area (Å²) in [6.45, 7) is 1.14. The van der Waals surface area contributed by atoms with Gasteiger partial charge in [0.1, 0.15) is 13.2 Å². The lowest BCUT2D eigenvalue weighted by atomic mass is 10.2. The molecule has 98 valence electrons. The van der Waals surface area contributed by atoms with E-state index in [9.17, 15) is 0 Å². The van der Waals surface area contributed by atoms with E-state index in [-0.39, 0.29) is 0 Å². The van der Waals surface area contributed by atoms with Gasteiger partial charge in [-0.2, -0.15) is 0 Å². The van der Waals surface area contributed by atoms with Gasteiger partial charge in [-0.15, -0.1) is 0 Å². The standard InChI is InChI=1S/C14H12ClNO2S/c15-9-1-3-10(4-2-9)19-14-8-13-12(7-11(14)16)17-5-6-18-13/h1-4,7-8H,5-6,16H2. The highest BCUT2D eigenvalue weighted by Crippen LogP contribution is 2.41. The van der Waals surface area contributed by atoms with Gasteiger partial charge in [-0.25, -0.2) is 0 Å². The molecule has 19 heavy (non-hydrogen) atoms. The Balaban J connectivity index is 1.90. The van der Waals surface area contributed by atoms with Crippen LogP contribution in [0.2, 0.25) is 5.02 Å². The number of fused-ring (bicyclic) bond motifs is 1. The maximum absolute atomic E-state index is 6.04. The van der Waals surface area contributed by atoms with Gasteiger partial charge in [0.2, 0.25) is 0 Å². The number of benzene rings is 2. The molecule has 2 aromatic rings. The van der Waals surface area contributed by atoms with Crippen LogP contribution in [0.5, 0.6) is 11.5 Å². The molecule has 0 fully saturated rings. The molecule has 1 heterocycles. The summed E-state index contributed by atoms with van der Waals surface area (Å²) < 4.78 is 11.1. The van der Waals surface area contributed by atoms with Crippen LogP contribution in [0.4, 0.5) is 5.69 Å². The molecule has 0 atom stereocenters. The smallest absolute Gasteiger partial charge is 0.163 e. The van der Waals surface area contributed by atoms with Crippen LogP contribution in [0.3, 0.4) is 0 Å². The zero-order chi connectivity index (χ0) is 13.2. The summed E-state index contributed by atoms with van der Waals surface area (Å²) in [5.74, 6) is 1.46. The third-order valence-corrected chi connectivity index (χ3v) is 4.05. The van der Waals surface area contributed by atoms with Gasteiger partial charge < -0.3 is 15.2 Å². The lowest BCUT2D eigenvalue weighted by Crippen LogP contribution is -2.15. The van der Waals surface area contributed by atoms with Gasteiger partial charge in [0.15, 0.2) is 11.5 Å². The molecule has 1 aliphatic heterocycles. The first-order valence-electron chi connectivity index (χ1n) is 5.85. The van der Waals surface area contributed by atoms with Crippen molar-refractivity contribution in [2.75, 3.05) is 18.9 Å². The molecule has 0 unspecified atom stereocenters. The highest BCUT2D eigenvalue weighted by molar-refractivity contribution is 7.99. The molecule has 0 amide bonds. The van der Waals surface area contributed by atoms with E-state index in [1.54, 1.807) is 11.8 Å². The number of hydrogen-bond acceptors (Lipinski definition) is 4. The first-order chi connectivity index (χ1) is 9.22. The highest BCUT2D eigenvalue weighted by Gasteiger charge is 2.15. The molecular weight excluding hydrogens is 282 g/mol. The average Bonchev–Trinajstić information content (AvgIpc) is 2.42. The molecule has 0 radical (unpaired) electrons. The van der Waals surface area contributed by atoms with Crippen LogP contribution in [0.15, 0.2) is 46.2 Å². The zero-order valence-electron chi connectivity index (χ0n) is 10.1. The summed E-state index contributed by atoms with van der Waals surface area (Å²) in [4.78, 5) is 2.03. The van der Waals surface area contributed by atoms with E-state index in [0.717, 1.165) is 20.6 Å². The Morgan fingerprint density at radius 2 is 1.63 bits per heavy atom. The van der Waals surface area contributed by atoms with Gasteiger partial charge >= 0.3 is 0 Å². The van der Waals surface area contributed by atoms with Crippen LogP contribution in [0.1, 0.15) is 0 Å². The molecule has 0 saturated heterocycles. The molecule has 0 aliphatic carbocycles. The van der Waals surface area contributed by atoms with Crippen LogP contribution >= 0.6 is 23.4 Å². The van der Waals surface area contributed by atoms with E-state index < -0.39 is 0 Å². The Labute approximate surface area is 120 Å². The van der Waals surface area contributed by atoms with Crippen molar-refractivity contribution in [2.45, 2.75) is 9.79 Å². The van der Waals surface area contributed by atoms with Gasteiger partial charge in [-0.1, -0.05) is 23.4 Å². The molecule has 0 saturated carbocycles. The quantitative estimate of drug-likeness (QED) is 0.854. The fraction of sp³-hybridized carbons (Fsp3) is 0.143. The topological polar surface area (TPSA) is 44.5 Å². The van der Waals surface area contributed by atoms with E-state index >= 15 is 0 Å². The van der Waals surface area contributed by atoms with Gasteiger partial charge in [0, 0.05) is 32.6 Å². The minimum atomic E-state index is 0.566. The minimum Gasteiger partial charge on any atom is -0.486 e. The summed E-state index contributed by atoms with van der Waals surface area (Å²) in [6, 6.07) is 11.4. The van der Waals surface area contributed by atoms with Gasteiger partial charge in [-0.05, 0) is 24.3 Å². The molecule has 0 spiro atoms. The Morgan fingerprint density at radius 1 is 1.00 bits per heavy atom. The van der Waals surface area contributed by atoms with Crippen LogP contribution in [-0.4, -0.2) is 13.2 Å². The largest absolute Gasteiger partial charge is 0.486 e. The number of hydrogen-bond donors (Lipinski definition) is 1. The van der Waals surface area contributed by atoms with Gasteiger partial charge in [-0.3, -0.25) is 0 Å². The Kier molecular flexibility index (Phi) is 3.44. The van der Waals surface area contributed by atoms with Crippen molar-refractivity contribution < 1.29 is 9.47 Å². The number of ether oxygens (including phenoxy) is 2. The van der Waals surface area contributed by atoms with Crippen molar-refractivity contribution in [3.63, 3.8) is 0 Å². The second-order valence-electron chi connectivity index (χ2n) is 4.09. The van der Waals surface area contributed by atoms with E-state index in [1.807, 2.05) is 36.4 Å². The monoisotopic (exact) mass is 293 g/mol. The SMILES string of the molecule is Nc1cc2c(cc1Sc1ccc(Cl)cc1)OCCO2. The van der Waals surface area contributed by atoms with E-state index in [4.69, 9.17) is 26.8 Å². The van der Waals surface area contributed by atoms with Crippen molar-refractivity contribution in [3.05, 3.63) is 41.4 Å². The average molecular weight is 294 g/mol. The van der Waals surface area contributed by atoms with Crippen LogP contribution in [0.25, 0.3) is 0 Å². The van der Waals surface area contributed by atoms with Crippen molar-refractivity contribution in [1.29, 1.82) is 0 Å². The molecule has 0 aromatic heterocycles. The Morgan fingerprint density at radius 3 is 2.32 bits per heavy atom. The fourth-order valence-electron chi connectivity index (χ4n) is 1.80. The molecule has 2 N–H and O–H groups in total. The van der Waals surface area contributed by atoms with Gasteiger partial charge in [0.05, 0.1) is 0 Å². The van der Waals surface area contributed by atoms with Crippen molar-refractivity contribution in [1.82, 2.24) is 0 Å². The van der Waals surface area contributed by atoms with Crippen LogP contribution < -0.4 is 15.2 Å². The van der Waals surface area contributed by atoms with Crippen LogP contribution in [0, 0.1) is 0 Å². The number of nitrogens with two attached hydrogens (primary N) is 1. The Hall–Kier alpha value is -1.52. The molecule has 3 nitrogen and oxygen atoms in total. The molecule has 3 rings (SSSR count).